The fourth-order valence-corrected chi connectivity index (χ4v) is 5.89. The third-order valence-electron chi connectivity index (χ3n) is 7.89. The van der Waals surface area contributed by atoms with Gasteiger partial charge in [-0.05, 0) is 75.6 Å². The second-order valence-electron chi connectivity index (χ2n) is 10.3. The van der Waals surface area contributed by atoms with Gasteiger partial charge in [0.1, 0.15) is 5.82 Å². The second kappa shape index (κ2) is 13.5. The average Bonchev–Trinajstić information content (AvgIpc) is 3.41. The van der Waals surface area contributed by atoms with E-state index in [1.807, 2.05) is 7.05 Å². The quantitative estimate of drug-likeness (QED) is 0.335. The van der Waals surface area contributed by atoms with E-state index < -0.39 is 11.7 Å². The van der Waals surface area contributed by atoms with E-state index in [1.165, 1.54) is 12.1 Å². The molecule has 198 valence electrons. The van der Waals surface area contributed by atoms with Crippen molar-refractivity contribution in [3.05, 3.63) is 35.6 Å². The Balaban J connectivity index is 1.71. The zero-order chi connectivity index (χ0) is 25.3. The number of likely N-dealkylation sites (tertiary alicyclic amines) is 1. The fourth-order valence-electron chi connectivity index (χ4n) is 5.89. The van der Waals surface area contributed by atoms with Crippen LogP contribution >= 0.6 is 0 Å². The van der Waals surface area contributed by atoms with E-state index in [2.05, 4.69) is 10.6 Å². The van der Waals surface area contributed by atoms with Crippen LogP contribution in [0.15, 0.2) is 24.3 Å². The van der Waals surface area contributed by atoms with Crippen LogP contribution in [0, 0.1) is 17.7 Å². The smallest absolute Gasteiger partial charge is 0.317 e. The number of nitrogens with one attached hydrogen (secondary N) is 2. The predicted octanol–water partition coefficient (Wildman–Crippen LogP) is 3.39. The molecule has 8 heteroatoms. The number of urea groups is 1. The van der Waals surface area contributed by atoms with Crippen molar-refractivity contribution in [3.8, 4) is 0 Å². The molecule has 1 aliphatic carbocycles. The molecule has 0 spiro atoms. The summed E-state index contributed by atoms with van der Waals surface area (Å²) in [5, 5.41) is 29.0. The summed E-state index contributed by atoms with van der Waals surface area (Å²) in [5.41, 5.74) is -0.672. The van der Waals surface area contributed by atoms with Gasteiger partial charge in [0.2, 0.25) is 0 Å². The number of hydrogen-bond acceptors (Lipinski definition) is 5. The van der Waals surface area contributed by atoms with Gasteiger partial charge in [0.15, 0.2) is 0 Å². The third-order valence-corrected chi connectivity index (χ3v) is 7.89. The summed E-state index contributed by atoms with van der Waals surface area (Å²) >= 11 is 0. The molecule has 1 heterocycles. The number of hydrogen-bond donors (Lipinski definition) is 4. The summed E-state index contributed by atoms with van der Waals surface area (Å²) in [6.07, 6.45) is 7.18. The number of unbranched alkanes of at least 4 members (excludes halogenated alkanes) is 1. The number of carbonyl (C=O) groups excluding carboxylic acids is 1. The molecule has 1 aromatic carbocycles. The van der Waals surface area contributed by atoms with Gasteiger partial charge < -0.3 is 30.5 Å². The van der Waals surface area contributed by atoms with Crippen molar-refractivity contribution in [3.63, 3.8) is 0 Å². The second-order valence-corrected chi connectivity index (χ2v) is 10.3. The van der Waals surface area contributed by atoms with Gasteiger partial charge in [-0.1, -0.05) is 25.0 Å². The number of aliphatic hydroxyl groups excluding tert-OH is 1. The molecule has 1 aliphatic heterocycles. The SMILES string of the molecule is CNCC(NC(=O)N1CCCC(C(O)(CCCCOC)c2cccc(F)c2)C1)C(O)C1CCCC1. The van der Waals surface area contributed by atoms with Crippen molar-refractivity contribution in [2.75, 3.05) is 40.4 Å². The van der Waals surface area contributed by atoms with Crippen molar-refractivity contribution in [2.45, 2.75) is 75.5 Å². The highest BCUT2D eigenvalue weighted by atomic mass is 19.1. The molecule has 4 N–H and O–H groups in total. The van der Waals surface area contributed by atoms with E-state index in [-0.39, 0.29) is 29.7 Å². The largest absolute Gasteiger partial charge is 0.391 e. The first-order chi connectivity index (χ1) is 16.9. The van der Waals surface area contributed by atoms with Crippen LogP contribution < -0.4 is 10.6 Å². The van der Waals surface area contributed by atoms with Crippen LogP contribution in [-0.4, -0.2) is 73.7 Å². The van der Waals surface area contributed by atoms with E-state index >= 15 is 0 Å². The molecule has 1 aromatic rings. The molecule has 0 bridgehead atoms. The van der Waals surface area contributed by atoms with Gasteiger partial charge in [0, 0.05) is 39.3 Å². The van der Waals surface area contributed by atoms with E-state index in [9.17, 15) is 19.4 Å². The number of ether oxygens (including phenoxy) is 1. The van der Waals surface area contributed by atoms with Gasteiger partial charge in [0.25, 0.3) is 0 Å². The molecule has 2 fully saturated rings. The normalized spacial score (nSPS) is 22.5. The number of likely N-dealkylation sites (N-methyl/N-ethyl adjacent to an activating group) is 1. The van der Waals surface area contributed by atoms with Crippen LogP contribution in [0.2, 0.25) is 0 Å². The Morgan fingerprint density at radius 2 is 2.03 bits per heavy atom. The Kier molecular flexibility index (Phi) is 10.8. The van der Waals surface area contributed by atoms with Crippen LogP contribution in [-0.2, 0) is 10.3 Å². The Morgan fingerprint density at radius 3 is 2.71 bits per heavy atom. The van der Waals surface area contributed by atoms with Gasteiger partial charge >= 0.3 is 6.03 Å². The van der Waals surface area contributed by atoms with Gasteiger partial charge in [0.05, 0.1) is 17.7 Å². The minimum atomic E-state index is -1.23. The topological polar surface area (TPSA) is 94.1 Å². The fraction of sp³-hybridized carbons (Fsp3) is 0.741. The molecule has 4 unspecified atom stereocenters. The van der Waals surface area contributed by atoms with Crippen LogP contribution in [0.1, 0.15) is 63.4 Å². The lowest BCUT2D eigenvalue weighted by molar-refractivity contribution is -0.0568. The zero-order valence-electron chi connectivity index (χ0n) is 21.3. The standard InChI is InChI=1S/C27H44FN3O4/c1-29-18-24(25(32)20-9-3-4-10-20)30-26(33)31-15-8-12-22(19-31)27(34,14-5-6-16-35-2)21-11-7-13-23(28)17-21/h7,11,13,17,20,22,24-25,29,32,34H,3-6,8-10,12,14-16,18-19H2,1-2H3,(H,30,33). The lowest BCUT2D eigenvalue weighted by Crippen LogP contribution is -2.57. The maximum absolute atomic E-state index is 14.1. The van der Waals surface area contributed by atoms with E-state index in [4.69, 9.17) is 4.74 Å². The maximum Gasteiger partial charge on any atom is 0.317 e. The molecular weight excluding hydrogens is 449 g/mol. The van der Waals surface area contributed by atoms with Gasteiger partial charge in [-0.25, -0.2) is 9.18 Å². The number of nitrogens with zero attached hydrogens (tertiary/aromatic N) is 1. The summed E-state index contributed by atoms with van der Waals surface area (Å²) < 4.78 is 19.3. The Bertz CT molecular complexity index is 791. The predicted molar refractivity (Wildman–Crippen MR) is 135 cm³/mol. The van der Waals surface area contributed by atoms with Gasteiger partial charge in [-0.15, -0.1) is 0 Å². The van der Waals surface area contributed by atoms with Crippen molar-refractivity contribution in [1.29, 1.82) is 0 Å². The first-order valence-corrected chi connectivity index (χ1v) is 13.2. The highest BCUT2D eigenvalue weighted by Gasteiger charge is 2.42. The summed E-state index contributed by atoms with van der Waals surface area (Å²) in [5.74, 6) is -0.374. The van der Waals surface area contributed by atoms with Crippen molar-refractivity contribution < 1.29 is 24.1 Å². The molecule has 7 nitrogen and oxygen atoms in total. The highest BCUT2D eigenvalue weighted by Crippen LogP contribution is 2.40. The molecule has 0 aromatic heterocycles. The van der Waals surface area contributed by atoms with Crippen molar-refractivity contribution in [1.82, 2.24) is 15.5 Å². The van der Waals surface area contributed by atoms with Crippen molar-refractivity contribution in [2.24, 2.45) is 11.8 Å². The lowest BCUT2D eigenvalue weighted by atomic mass is 9.74. The Morgan fingerprint density at radius 1 is 1.26 bits per heavy atom. The summed E-state index contributed by atoms with van der Waals surface area (Å²) in [4.78, 5) is 15.0. The van der Waals surface area contributed by atoms with E-state index in [0.29, 0.717) is 38.2 Å². The first-order valence-electron chi connectivity index (χ1n) is 13.2. The average molecular weight is 494 g/mol. The minimum absolute atomic E-state index is 0.214. The number of piperidine rings is 1. The summed E-state index contributed by atoms with van der Waals surface area (Å²) in [6.45, 7) is 2.08. The number of carbonyl (C=O) groups is 1. The molecule has 1 saturated heterocycles. The summed E-state index contributed by atoms with van der Waals surface area (Å²) in [6, 6.07) is 5.62. The first kappa shape index (κ1) is 27.8. The lowest BCUT2D eigenvalue weighted by Gasteiger charge is -2.43. The van der Waals surface area contributed by atoms with Gasteiger partial charge in [-0.3, -0.25) is 0 Å². The van der Waals surface area contributed by atoms with E-state index in [0.717, 1.165) is 51.4 Å². The number of halogens is 1. The number of methoxy groups -OCH3 is 1. The molecule has 35 heavy (non-hydrogen) atoms. The monoisotopic (exact) mass is 493 g/mol. The number of benzene rings is 1. The van der Waals surface area contributed by atoms with Crippen LogP contribution in [0.3, 0.4) is 0 Å². The molecule has 2 aliphatic rings. The highest BCUT2D eigenvalue weighted by molar-refractivity contribution is 5.74. The number of rotatable bonds is 12. The van der Waals surface area contributed by atoms with Crippen LogP contribution in [0.5, 0.6) is 0 Å². The molecule has 3 rings (SSSR count). The van der Waals surface area contributed by atoms with Crippen LogP contribution in [0.4, 0.5) is 9.18 Å². The Labute approximate surface area is 209 Å². The maximum atomic E-state index is 14.1. The number of amides is 2. The molecule has 4 atom stereocenters. The molecule has 2 amide bonds. The Hall–Kier alpha value is -1.74. The van der Waals surface area contributed by atoms with Gasteiger partial charge in [-0.2, -0.15) is 0 Å². The minimum Gasteiger partial charge on any atom is -0.391 e. The third kappa shape index (κ3) is 7.38. The molecular formula is C27H44FN3O4. The van der Waals surface area contributed by atoms with E-state index in [1.54, 1.807) is 24.1 Å². The number of aliphatic hydroxyl groups is 2. The molecule has 0 radical (unpaired) electrons. The van der Waals surface area contributed by atoms with Crippen LogP contribution in [0.25, 0.3) is 0 Å². The van der Waals surface area contributed by atoms with Crippen molar-refractivity contribution >= 4 is 6.03 Å². The molecule has 1 saturated carbocycles. The summed E-state index contributed by atoms with van der Waals surface area (Å²) in [7, 11) is 3.47. The zero-order valence-corrected chi connectivity index (χ0v) is 21.3.